The van der Waals surface area contributed by atoms with Gasteiger partial charge in [-0.3, -0.25) is 15.1 Å². The van der Waals surface area contributed by atoms with Gasteiger partial charge in [0.05, 0.1) is 12.0 Å². The van der Waals surface area contributed by atoms with Gasteiger partial charge in [0.25, 0.3) is 5.69 Å². The minimum Gasteiger partial charge on any atom is -0.494 e. The molecular weight excluding hydrogens is 349 g/mol. The smallest absolute Gasteiger partial charge is 0.271 e. The maximum Gasteiger partial charge on any atom is 0.271 e. The number of aryl methyl sites for hydroxylation is 1. The van der Waals surface area contributed by atoms with Gasteiger partial charge in [-0.25, -0.2) is 4.39 Å². The SMILES string of the molecule is COc1ccc([N+](=O)[O-])cc1N=Cc1cc(C)n(-c2ccc(F)cc2)c1C. The van der Waals surface area contributed by atoms with Gasteiger partial charge in [-0.05, 0) is 50.2 Å². The van der Waals surface area contributed by atoms with Crippen LogP contribution in [-0.4, -0.2) is 22.8 Å². The fourth-order valence-corrected chi connectivity index (χ4v) is 2.94. The summed E-state index contributed by atoms with van der Waals surface area (Å²) in [6.07, 6.45) is 1.64. The third kappa shape index (κ3) is 3.72. The van der Waals surface area contributed by atoms with Crippen LogP contribution in [0.4, 0.5) is 15.8 Å². The summed E-state index contributed by atoms with van der Waals surface area (Å²) in [7, 11) is 1.49. The minimum absolute atomic E-state index is 0.0558. The number of aromatic nitrogens is 1. The van der Waals surface area contributed by atoms with Crippen LogP contribution < -0.4 is 4.74 Å². The maximum absolute atomic E-state index is 13.2. The highest BCUT2D eigenvalue weighted by Crippen LogP contribution is 2.31. The molecule has 27 heavy (non-hydrogen) atoms. The molecule has 1 aromatic heterocycles. The van der Waals surface area contributed by atoms with Crippen molar-refractivity contribution < 1.29 is 14.1 Å². The molecule has 0 amide bonds. The summed E-state index contributed by atoms with van der Waals surface area (Å²) in [6, 6.07) is 12.5. The second kappa shape index (κ2) is 7.41. The van der Waals surface area contributed by atoms with Gasteiger partial charge in [0.1, 0.15) is 17.3 Å². The molecule has 0 saturated heterocycles. The van der Waals surface area contributed by atoms with Crippen molar-refractivity contribution in [1.82, 2.24) is 4.57 Å². The zero-order valence-corrected chi connectivity index (χ0v) is 15.1. The van der Waals surface area contributed by atoms with E-state index in [1.54, 1.807) is 18.3 Å². The molecule has 0 aliphatic heterocycles. The van der Waals surface area contributed by atoms with E-state index in [0.717, 1.165) is 22.6 Å². The highest BCUT2D eigenvalue weighted by molar-refractivity contribution is 5.85. The van der Waals surface area contributed by atoms with Crippen molar-refractivity contribution >= 4 is 17.6 Å². The lowest BCUT2D eigenvalue weighted by Crippen LogP contribution is -1.99. The quantitative estimate of drug-likeness (QED) is 0.366. The number of rotatable bonds is 5. The third-order valence-electron chi connectivity index (χ3n) is 4.27. The van der Waals surface area contributed by atoms with Crippen molar-refractivity contribution in [2.45, 2.75) is 13.8 Å². The Morgan fingerprint density at radius 3 is 2.48 bits per heavy atom. The molecule has 138 valence electrons. The third-order valence-corrected chi connectivity index (χ3v) is 4.27. The molecule has 0 unspecified atom stereocenters. The number of non-ortho nitro benzene ring substituents is 1. The van der Waals surface area contributed by atoms with E-state index in [4.69, 9.17) is 4.74 Å². The Morgan fingerprint density at radius 1 is 1.15 bits per heavy atom. The Morgan fingerprint density at radius 2 is 1.85 bits per heavy atom. The van der Waals surface area contributed by atoms with Crippen molar-refractivity contribution in [1.29, 1.82) is 0 Å². The van der Waals surface area contributed by atoms with E-state index in [1.165, 1.54) is 37.4 Å². The van der Waals surface area contributed by atoms with Crippen molar-refractivity contribution in [2.24, 2.45) is 4.99 Å². The van der Waals surface area contributed by atoms with Crippen LogP contribution in [0.15, 0.2) is 53.5 Å². The number of nitro benzene ring substituents is 1. The Balaban J connectivity index is 1.99. The van der Waals surface area contributed by atoms with E-state index >= 15 is 0 Å². The van der Waals surface area contributed by atoms with Crippen LogP contribution in [-0.2, 0) is 0 Å². The zero-order chi connectivity index (χ0) is 19.6. The van der Waals surface area contributed by atoms with Crippen LogP contribution in [0.3, 0.4) is 0 Å². The van der Waals surface area contributed by atoms with E-state index in [1.807, 2.05) is 24.5 Å². The number of halogens is 1. The van der Waals surface area contributed by atoms with E-state index in [9.17, 15) is 14.5 Å². The number of aliphatic imine (C=N–C) groups is 1. The Hall–Kier alpha value is -3.48. The van der Waals surface area contributed by atoms with Gasteiger partial charge in [0.15, 0.2) is 0 Å². The van der Waals surface area contributed by atoms with Gasteiger partial charge in [0.2, 0.25) is 0 Å². The zero-order valence-electron chi connectivity index (χ0n) is 15.1. The molecule has 0 fully saturated rings. The predicted octanol–water partition coefficient (Wildman–Crippen LogP) is 4.90. The molecule has 0 radical (unpaired) electrons. The minimum atomic E-state index is -0.473. The Bertz CT molecular complexity index is 1020. The molecule has 7 heteroatoms. The molecule has 0 saturated carbocycles. The molecule has 0 aliphatic carbocycles. The highest BCUT2D eigenvalue weighted by atomic mass is 19.1. The topological polar surface area (TPSA) is 69.7 Å². The number of hydrogen-bond donors (Lipinski definition) is 0. The van der Waals surface area contributed by atoms with Gasteiger partial charge in [0, 0.05) is 41.0 Å². The molecule has 6 nitrogen and oxygen atoms in total. The molecule has 3 rings (SSSR count). The standard InChI is InChI=1S/C20H18FN3O3/c1-13-10-15(14(2)23(13)17-6-4-16(21)5-7-17)12-22-19-11-18(24(25)26)8-9-20(19)27-3/h4-12H,1-3H3. The van der Waals surface area contributed by atoms with Gasteiger partial charge in [-0.2, -0.15) is 0 Å². The lowest BCUT2D eigenvalue weighted by molar-refractivity contribution is -0.384. The molecule has 3 aromatic rings. The molecule has 1 heterocycles. The highest BCUT2D eigenvalue weighted by Gasteiger charge is 2.12. The molecule has 0 aliphatic rings. The van der Waals surface area contributed by atoms with E-state index in [0.29, 0.717) is 11.4 Å². The van der Waals surface area contributed by atoms with E-state index in [2.05, 4.69) is 4.99 Å². The van der Waals surface area contributed by atoms with Crippen LogP contribution in [0.25, 0.3) is 5.69 Å². The second-order valence-corrected chi connectivity index (χ2v) is 6.01. The average molecular weight is 367 g/mol. The molecule has 0 N–H and O–H groups in total. The van der Waals surface area contributed by atoms with Crippen LogP contribution in [0.5, 0.6) is 5.75 Å². The second-order valence-electron chi connectivity index (χ2n) is 6.01. The first kappa shape index (κ1) is 18.3. The fraction of sp³-hybridized carbons (Fsp3) is 0.150. The van der Waals surface area contributed by atoms with Gasteiger partial charge >= 0.3 is 0 Å². The van der Waals surface area contributed by atoms with Crippen molar-refractivity contribution in [3.05, 3.63) is 81.4 Å². The molecular formula is C20H18FN3O3. The first-order chi connectivity index (χ1) is 12.9. The lowest BCUT2D eigenvalue weighted by Gasteiger charge is -2.09. The first-order valence-electron chi connectivity index (χ1n) is 8.22. The summed E-state index contributed by atoms with van der Waals surface area (Å²) in [5.41, 5.74) is 3.90. The maximum atomic E-state index is 13.2. The summed E-state index contributed by atoms with van der Waals surface area (Å²) in [5, 5.41) is 11.0. The van der Waals surface area contributed by atoms with Crippen molar-refractivity contribution in [2.75, 3.05) is 7.11 Å². The van der Waals surface area contributed by atoms with E-state index in [-0.39, 0.29) is 11.5 Å². The van der Waals surface area contributed by atoms with Crippen molar-refractivity contribution in [3.8, 4) is 11.4 Å². The van der Waals surface area contributed by atoms with Gasteiger partial charge in [-0.15, -0.1) is 0 Å². The summed E-state index contributed by atoms with van der Waals surface area (Å²) in [4.78, 5) is 14.9. The molecule has 0 atom stereocenters. The van der Waals surface area contributed by atoms with Gasteiger partial charge < -0.3 is 9.30 Å². The largest absolute Gasteiger partial charge is 0.494 e. The number of hydrogen-bond acceptors (Lipinski definition) is 4. The normalized spacial score (nSPS) is 11.1. The van der Waals surface area contributed by atoms with E-state index < -0.39 is 4.92 Å². The fourth-order valence-electron chi connectivity index (χ4n) is 2.94. The number of nitrogens with zero attached hydrogens (tertiary/aromatic N) is 3. The van der Waals surface area contributed by atoms with Crippen LogP contribution in [0.2, 0.25) is 0 Å². The predicted molar refractivity (Wildman–Crippen MR) is 102 cm³/mol. The Labute approximate surface area is 155 Å². The van der Waals surface area contributed by atoms with Gasteiger partial charge in [-0.1, -0.05) is 0 Å². The molecule has 2 aromatic carbocycles. The summed E-state index contributed by atoms with van der Waals surface area (Å²) in [5.74, 6) is 0.157. The number of benzene rings is 2. The summed E-state index contributed by atoms with van der Waals surface area (Å²) < 4.78 is 20.4. The number of nitro groups is 1. The first-order valence-corrected chi connectivity index (χ1v) is 8.22. The number of ether oxygens (including phenoxy) is 1. The summed E-state index contributed by atoms with van der Waals surface area (Å²) >= 11 is 0. The Kier molecular flexibility index (Phi) is 5.03. The van der Waals surface area contributed by atoms with Crippen LogP contribution >= 0.6 is 0 Å². The average Bonchev–Trinajstić information content (AvgIpc) is 2.94. The summed E-state index contributed by atoms with van der Waals surface area (Å²) in [6.45, 7) is 3.88. The number of methoxy groups -OCH3 is 1. The monoisotopic (exact) mass is 367 g/mol. The lowest BCUT2D eigenvalue weighted by atomic mass is 10.2. The van der Waals surface area contributed by atoms with Crippen molar-refractivity contribution in [3.63, 3.8) is 0 Å². The molecule has 0 spiro atoms. The molecule has 0 bridgehead atoms. The van der Waals surface area contributed by atoms with Crippen LogP contribution in [0, 0.1) is 29.8 Å². The van der Waals surface area contributed by atoms with Crippen LogP contribution in [0.1, 0.15) is 17.0 Å².